The van der Waals surface area contributed by atoms with Gasteiger partial charge in [-0.3, -0.25) is 4.79 Å². The Bertz CT molecular complexity index is 594. The van der Waals surface area contributed by atoms with Crippen molar-refractivity contribution in [1.82, 2.24) is 4.98 Å². The van der Waals surface area contributed by atoms with Gasteiger partial charge in [0.25, 0.3) is 5.91 Å². The number of aromatic nitrogens is 1. The first-order chi connectivity index (χ1) is 9.10. The van der Waals surface area contributed by atoms with Crippen molar-refractivity contribution in [1.29, 1.82) is 0 Å². The highest BCUT2D eigenvalue weighted by Crippen LogP contribution is 2.17. The lowest BCUT2D eigenvalue weighted by Crippen LogP contribution is -2.13. The minimum absolute atomic E-state index is 0.138. The molecule has 1 aromatic heterocycles. The van der Waals surface area contributed by atoms with Crippen LogP contribution >= 0.6 is 15.9 Å². The molecule has 0 radical (unpaired) electrons. The van der Waals surface area contributed by atoms with Crippen molar-refractivity contribution in [3.8, 4) is 0 Å². The van der Waals surface area contributed by atoms with Crippen molar-refractivity contribution >= 4 is 27.7 Å². The van der Waals surface area contributed by atoms with Gasteiger partial charge < -0.3 is 5.32 Å². The lowest BCUT2D eigenvalue weighted by Gasteiger charge is -2.08. The van der Waals surface area contributed by atoms with Crippen LogP contribution in [0.15, 0.2) is 41.0 Å². The minimum atomic E-state index is -0.138. The van der Waals surface area contributed by atoms with Gasteiger partial charge in [-0.15, -0.1) is 0 Å². The van der Waals surface area contributed by atoms with E-state index in [9.17, 15) is 4.79 Å². The second kappa shape index (κ2) is 5.97. The summed E-state index contributed by atoms with van der Waals surface area (Å²) in [6.45, 7) is 4.00. The van der Waals surface area contributed by atoms with Gasteiger partial charge in [-0.1, -0.05) is 19.1 Å². The van der Waals surface area contributed by atoms with Crippen LogP contribution in [-0.4, -0.2) is 10.9 Å². The molecule has 0 aliphatic carbocycles. The van der Waals surface area contributed by atoms with E-state index in [1.165, 1.54) is 5.56 Å². The van der Waals surface area contributed by atoms with Crippen LogP contribution in [-0.2, 0) is 6.42 Å². The smallest absolute Gasteiger partial charge is 0.256 e. The van der Waals surface area contributed by atoms with Gasteiger partial charge in [0.1, 0.15) is 5.82 Å². The van der Waals surface area contributed by atoms with Gasteiger partial charge in [-0.25, -0.2) is 4.98 Å². The van der Waals surface area contributed by atoms with E-state index in [-0.39, 0.29) is 5.91 Å². The standard InChI is InChI=1S/C15H15BrN2O/c1-3-11-4-6-12(7-5-11)15(19)18-14-10(2)8-13(16)9-17-14/h4-9H,3H2,1-2H3,(H,17,18,19). The van der Waals surface area contributed by atoms with Crippen molar-refractivity contribution in [3.05, 3.63) is 57.7 Å². The molecule has 2 rings (SSSR count). The number of carbonyl (C=O) groups excluding carboxylic acids is 1. The molecule has 0 aliphatic heterocycles. The summed E-state index contributed by atoms with van der Waals surface area (Å²) in [5.41, 5.74) is 2.78. The SMILES string of the molecule is CCc1ccc(C(=O)Nc2ncc(Br)cc2C)cc1. The average Bonchev–Trinajstić information content (AvgIpc) is 2.42. The van der Waals surface area contributed by atoms with Gasteiger partial charge in [-0.2, -0.15) is 0 Å². The number of aryl methyl sites for hydroxylation is 2. The molecule has 0 saturated heterocycles. The molecule has 19 heavy (non-hydrogen) atoms. The first kappa shape index (κ1) is 13.7. The van der Waals surface area contributed by atoms with Crippen LogP contribution < -0.4 is 5.32 Å². The fraction of sp³-hybridized carbons (Fsp3) is 0.200. The summed E-state index contributed by atoms with van der Waals surface area (Å²) in [5, 5.41) is 2.82. The van der Waals surface area contributed by atoms with E-state index < -0.39 is 0 Å². The van der Waals surface area contributed by atoms with E-state index in [1.54, 1.807) is 6.20 Å². The summed E-state index contributed by atoms with van der Waals surface area (Å²) in [6, 6.07) is 9.53. The van der Waals surface area contributed by atoms with Crippen LogP contribution in [0.5, 0.6) is 0 Å². The molecule has 3 nitrogen and oxygen atoms in total. The lowest BCUT2D eigenvalue weighted by molar-refractivity contribution is 0.102. The van der Waals surface area contributed by atoms with Gasteiger partial charge in [0, 0.05) is 16.2 Å². The molecule has 1 aromatic carbocycles. The van der Waals surface area contributed by atoms with E-state index in [0.717, 1.165) is 16.5 Å². The molecule has 0 unspecified atom stereocenters. The predicted molar refractivity (Wildman–Crippen MR) is 80.4 cm³/mol. The highest BCUT2D eigenvalue weighted by Gasteiger charge is 2.08. The van der Waals surface area contributed by atoms with Gasteiger partial charge in [0.15, 0.2) is 0 Å². The number of hydrogen-bond donors (Lipinski definition) is 1. The van der Waals surface area contributed by atoms with E-state index in [4.69, 9.17) is 0 Å². The summed E-state index contributed by atoms with van der Waals surface area (Å²) < 4.78 is 0.898. The first-order valence-corrected chi connectivity index (χ1v) is 6.92. The highest BCUT2D eigenvalue weighted by atomic mass is 79.9. The molecule has 1 N–H and O–H groups in total. The number of hydrogen-bond acceptors (Lipinski definition) is 2. The van der Waals surface area contributed by atoms with Crippen LogP contribution in [0.1, 0.15) is 28.4 Å². The van der Waals surface area contributed by atoms with Crippen molar-refractivity contribution < 1.29 is 4.79 Å². The number of nitrogens with one attached hydrogen (secondary N) is 1. The normalized spacial score (nSPS) is 10.3. The fourth-order valence-corrected chi connectivity index (χ4v) is 2.19. The fourth-order valence-electron chi connectivity index (χ4n) is 1.74. The van der Waals surface area contributed by atoms with E-state index in [1.807, 2.05) is 37.3 Å². The molecule has 0 bridgehead atoms. The Hall–Kier alpha value is -1.68. The monoisotopic (exact) mass is 318 g/mol. The van der Waals surface area contributed by atoms with Gasteiger partial charge in [-0.05, 0) is 58.6 Å². The Labute approximate surface area is 121 Å². The number of rotatable bonds is 3. The van der Waals surface area contributed by atoms with E-state index >= 15 is 0 Å². The molecule has 1 heterocycles. The Morgan fingerprint density at radius 3 is 2.58 bits per heavy atom. The van der Waals surface area contributed by atoms with Crippen LogP contribution in [0.2, 0.25) is 0 Å². The van der Waals surface area contributed by atoms with Crippen LogP contribution in [0, 0.1) is 6.92 Å². The molecular weight excluding hydrogens is 304 g/mol. The van der Waals surface area contributed by atoms with Gasteiger partial charge in [0.05, 0.1) is 0 Å². The van der Waals surface area contributed by atoms with Crippen LogP contribution in [0.4, 0.5) is 5.82 Å². The van der Waals surface area contributed by atoms with E-state index in [0.29, 0.717) is 11.4 Å². The Morgan fingerprint density at radius 1 is 1.32 bits per heavy atom. The zero-order valence-electron chi connectivity index (χ0n) is 10.9. The number of pyridine rings is 1. The molecule has 0 atom stereocenters. The summed E-state index contributed by atoms with van der Waals surface area (Å²) >= 11 is 3.35. The average molecular weight is 319 g/mol. The molecule has 0 aliphatic rings. The third kappa shape index (κ3) is 3.41. The predicted octanol–water partition coefficient (Wildman–Crippen LogP) is 3.97. The quantitative estimate of drug-likeness (QED) is 0.930. The zero-order chi connectivity index (χ0) is 13.8. The molecule has 0 saturated carbocycles. The van der Waals surface area contributed by atoms with E-state index in [2.05, 4.69) is 33.2 Å². The maximum Gasteiger partial charge on any atom is 0.256 e. The van der Waals surface area contributed by atoms with Crippen molar-refractivity contribution in [2.45, 2.75) is 20.3 Å². The number of benzene rings is 1. The van der Waals surface area contributed by atoms with Crippen molar-refractivity contribution in [2.75, 3.05) is 5.32 Å². The molecule has 4 heteroatoms. The molecule has 1 amide bonds. The highest BCUT2D eigenvalue weighted by molar-refractivity contribution is 9.10. The minimum Gasteiger partial charge on any atom is -0.306 e. The van der Waals surface area contributed by atoms with Crippen molar-refractivity contribution in [3.63, 3.8) is 0 Å². The second-order valence-corrected chi connectivity index (χ2v) is 5.24. The summed E-state index contributed by atoms with van der Waals surface area (Å²) in [5.74, 6) is 0.452. The number of halogens is 1. The Balaban J connectivity index is 2.15. The number of amides is 1. The number of anilines is 1. The second-order valence-electron chi connectivity index (χ2n) is 4.32. The molecule has 2 aromatic rings. The lowest BCUT2D eigenvalue weighted by atomic mass is 10.1. The van der Waals surface area contributed by atoms with Crippen molar-refractivity contribution in [2.24, 2.45) is 0 Å². The molecule has 0 fully saturated rings. The third-order valence-corrected chi connectivity index (χ3v) is 3.33. The summed E-state index contributed by atoms with van der Waals surface area (Å²) in [4.78, 5) is 16.3. The Kier molecular flexibility index (Phi) is 4.32. The zero-order valence-corrected chi connectivity index (χ0v) is 12.5. The number of carbonyl (C=O) groups is 1. The van der Waals surface area contributed by atoms with Crippen LogP contribution in [0.3, 0.4) is 0 Å². The van der Waals surface area contributed by atoms with Crippen LogP contribution in [0.25, 0.3) is 0 Å². The maximum absolute atomic E-state index is 12.1. The van der Waals surface area contributed by atoms with Gasteiger partial charge in [0.2, 0.25) is 0 Å². The maximum atomic E-state index is 12.1. The largest absolute Gasteiger partial charge is 0.306 e. The molecular formula is C15H15BrN2O. The third-order valence-electron chi connectivity index (χ3n) is 2.90. The first-order valence-electron chi connectivity index (χ1n) is 6.12. The number of nitrogens with zero attached hydrogens (tertiary/aromatic N) is 1. The van der Waals surface area contributed by atoms with Gasteiger partial charge >= 0.3 is 0 Å². The molecule has 0 spiro atoms. The topological polar surface area (TPSA) is 42.0 Å². The molecule has 98 valence electrons. The summed E-state index contributed by atoms with van der Waals surface area (Å²) in [7, 11) is 0. The summed E-state index contributed by atoms with van der Waals surface area (Å²) in [6.07, 6.45) is 2.64. The Morgan fingerprint density at radius 2 is 2.00 bits per heavy atom.